The first-order valence-corrected chi connectivity index (χ1v) is 45.8. The van der Waals surface area contributed by atoms with Gasteiger partial charge in [-0.3, -0.25) is 9.36 Å². The van der Waals surface area contributed by atoms with Gasteiger partial charge >= 0.3 is 6.18 Å². The Bertz CT molecular complexity index is 5110. The van der Waals surface area contributed by atoms with E-state index < -0.39 is 11.7 Å². The third kappa shape index (κ3) is 29.1. The number of alkyl halides is 3. The fourth-order valence-electron chi connectivity index (χ4n) is 15.9. The molecule has 0 saturated heterocycles. The lowest BCUT2D eigenvalue weighted by molar-refractivity contribution is -0.136. The number of aromatic nitrogens is 9. The van der Waals surface area contributed by atoms with Gasteiger partial charge in [0.25, 0.3) is 0 Å². The highest BCUT2D eigenvalue weighted by atomic mass is 19.4. The highest BCUT2D eigenvalue weighted by molar-refractivity contribution is 5.88. The topological polar surface area (TPSA) is 136 Å². The molecule has 0 amide bonds. The molecule has 686 valence electrons. The average Bonchev–Trinajstić information content (AvgIpc) is 1.61. The maximum Gasteiger partial charge on any atom is 0.418 e. The summed E-state index contributed by atoms with van der Waals surface area (Å²) in [5.41, 5.74) is 22.5. The van der Waals surface area contributed by atoms with Gasteiger partial charge in [-0.15, -0.1) is 0 Å². The second-order valence-corrected chi connectivity index (χ2v) is 35.6. The average molecular weight is 1730 g/mol. The molecular formula is C107H150F3N9O7. The number of methoxy groups -OCH3 is 7. The lowest BCUT2D eigenvalue weighted by atomic mass is 9.99. The van der Waals surface area contributed by atoms with Gasteiger partial charge in [0.05, 0.1) is 28.5 Å². The van der Waals surface area contributed by atoms with Crippen LogP contribution in [-0.2, 0) is 91.9 Å². The van der Waals surface area contributed by atoms with Crippen LogP contribution in [0.5, 0.6) is 0 Å². The molecule has 0 aliphatic carbocycles. The van der Waals surface area contributed by atoms with Gasteiger partial charge in [0.15, 0.2) is 0 Å². The predicted molar refractivity (Wildman–Crippen MR) is 522 cm³/mol. The minimum Gasteiger partial charge on any atom is -0.385 e. The Labute approximate surface area is 750 Å². The number of benzene rings is 7. The lowest BCUT2D eigenvalue weighted by Gasteiger charge is -2.09. The Morgan fingerprint density at radius 3 is 1.26 bits per heavy atom. The molecule has 0 spiro atoms. The number of aromatic amines is 1. The van der Waals surface area contributed by atoms with Crippen molar-refractivity contribution in [1.82, 2.24) is 42.8 Å². The van der Waals surface area contributed by atoms with Crippen LogP contribution < -0.4 is 0 Å². The number of nitrogens with zero attached hydrogens (tertiary/aromatic N) is 8. The highest BCUT2D eigenvalue weighted by Crippen LogP contribution is 2.38. The minimum atomic E-state index is -4.33. The zero-order valence-corrected chi connectivity index (χ0v) is 80.6. The molecule has 0 radical (unpaired) electrons. The first kappa shape index (κ1) is 102. The molecule has 14 rings (SSSR count). The summed E-state index contributed by atoms with van der Waals surface area (Å²) in [5, 5.41) is 17.3. The fraction of sp³-hybridized carbons (Fsp3) is 0.495. The van der Waals surface area contributed by atoms with Gasteiger partial charge in [-0.05, 0) is 235 Å². The van der Waals surface area contributed by atoms with E-state index in [4.69, 9.17) is 33.2 Å². The molecule has 14 aromatic rings. The summed E-state index contributed by atoms with van der Waals surface area (Å²) in [5.74, 6) is 3.73. The van der Waals surface area contributed by atoms with Crippen LogP contribution in [-0.4, -0.2) is 139 Å². The molecule has 7 heterocycles. The third-order valence-corrected chi connectivity index (χ3v) is 23.6. The highest BCUT2D eigenvalue weighted by Gasteiger charge is 2.35. The number of halogens is 3. The van der Waals surface area contributed by atoms with Gasteiger partial charge < -0.3 is 56.4 Å². The summed E-state index contributed by atoms with van der Waals surface area (Å²) in [6.45, 7) is 44.9. The lowest BCUT2D eigenvalue weighted by Crippen LogP contribution is -2.04. The van der Waals surface area contributed by atoms with Crippen LogP contribution >= 0.6 is 0 Å². The van der Waals surface area contributed by atoms with Crippen LogP contribution in [0, 0.1) is 13.8 Å². The molecule has 0 unspecified atom stereocenters. The van der Waals surface area contributed by atoms with Crippen LogP contribution in [0.2, 0.25) is 0 Å². The Kier molecular flexibility index (Phi) is 41.3. The molecule has 0 bridgehead atoms. The summed E-state index contributed by atoms with van der Waals surface area (Å²) < 4.78 is 87.8. The van der Waals surface area contributed by atoms with E-state index in [1.807, 2.05) is 26.1 Å². The van der Waals surface area contributed by atoms with Crippen molar-refractivity contribution in [2.75, 3.05) is 96.0 Å². The van der Waals surface area contributed by atoms with Crippen molar-refractivity contribution in [3.63, 3.8) is 0 Å². The van der Waals surface area contributed by atoms with Crippen molar-refractivity contribution in [3.8, 4) is 0 Å². The van der Waals surface area contributed by atoms with E-state index in [-0.39, 0.29) is 11.3 Å². The van der Waals surface area contributed by atoms with Crippen LogP contribution in [0.25, 0.3) is 76.3 Å². The minimum absolute atomic E-state index is 0.268. The third-order valence-electron chi connectivity index (χ3n) is 23.6. The Balaban J connectivity index is 0.000000182. The maximum absolute atomic E-state index is 13.1. The number of hydrogen-bond acceptors (Lipinski definition) is 9. The molecule has 0 atom stereocenters. The van der Waals surface area contributed by atoms with E-state index in [1.54, 1.807) is 66.5 Å². The molecule has 0 saturated carbocycles. The summed E-state index contributed by atoms with van der Waals surface area (Å²) in [6.07, 6.45) is 16.8. The zero-order chi connectivity index (χ0) is 91.7. The van der Waals surface area contributed by atoms with Crippen molar-refractivity contribution in [2.45, 2.75) is 249 Å². The Morgan fingerprint density at radius 2 is 0.746 bits per heavy atom. The number of hydrogen-bond donors (Lipinski definition) is 1. The summed E-state index contributed by atoms with van der Waals surface area (Å²) >= 11 is 0. The second-order valence-electron chi connectivity index (χ2n) is 35.6. The van der Waals surface area contributed by atoms with Crippen LogP contribution in [0.4, 0.5) is 13.2 Å². The smallest absolute Gasteiger partial charge is 0.385 e. The number of nitrogens with one attached hydrogen (secondary N) is 1. The fourth-order valence-corrected chi connectivity index (χ4v) is 15.9. The van der Waals surface area contributed by atoms with Gasteiger partial charge in [-0.2, -0.15) is 23.4 Å². The van der Waals surface area contributed by atoms with Crippen LogP contribution in [0.15, 0.2) is 171 Å². The zero-order valence-electron chi connectivity index (χ0n) is 80.6. The van der Waals surface area contributed by atoms with Crippen molar-refractivity contribution < 1.29 is 46.3 Å². The molecule has 16 nitrogen and oxygen atoms in total. The quantitative estimate of drug-likeness (QED) is 0.0385. The van der Waals surface area contributed by atoms with Gasteiger partial charge in [-0.25, -0.2) is 0 Å². The Hall–Kier alpha value is -9.31. The number of H-pyrrole nitrogens is 1. The molecule has 0 fully saturated rings. The molecule has 126 heavy (non-hydrogen) atoms. The summed E-state index contributed by atoms with van der Waals surface area (Å²) in [6, 6.07) is 47.8. The van der Waals surface area contributed by atoms with E-state index in [0.717, 1.165) is 128 Å². The molecule has 0 aliphatic rings. The number of rotatable bonds is 35. The van der Waals surface area contributed by atoms with Gasteiger partial charge in [0.2, 0.25) is 0 Å². The van der Waals surface area contributed by atoms with Crippen LogP contribution in [0.1, 0.15) is 250 Å². The predicted octanol–water partition coefficient (Wildman–Crippen LogP) is 27.2. The van der Waals surface area contributed by atoms with Crippen LogP contribution in [0.3, 0.4) is 0 Å². The monoisotopic (exact) mass is 1730 g/mol. The SMILES string of the molecule is COCCCc1c[nH]c2ccc(C(C)C)cc12.COCCCc1cn(C)c2ccc(C(C)C)cc12.COCCCn1cc(C(F)(F)F)c2ccc(C(C)C)cc21.COCCCn1cc(C)c2ccc(C(C)C)cc21.COCCCn1ccc2ccc(C(C)C)cc21.COCCCn1nc(C)c2ccc(C(C)C)cc21.COCCCn1ncc2ccc(C(C)C)cc21. The molecule has 0 aliphatic heterocycles. The second kappa shape index (κ2) is 51.0. The number of ether oxygens (including phenoxy) is 7. The maximum atomic E-state index is 13.1. The van der Waals surface area contributed by atoms with E-state index in [0.29, 0.717) is 60.6 Å². The van der Waals surface area contributed by atoms with Crippen molar-refractivity contribution >= 4 is 76.3 Å². The van der Waals surface area contributed by atoms with E-state index in [9.17, 15) is 13.2 Å². The summed E-state index contributed by atoms with van der Waals surface area (Å²) in [4.78, 5) is 3.34. The van der Waals surface area contributed by atoms with E-state index >= 15 is 0 Å². The molecule has 1 N–H and O–H groups in total. The van der Waals surface area contributed by atoms with Crippen molar-refractivity contribution in [2.24, 2.45) is 7.05 Å². The van der Waals surface area contributed by atoms with E-state index in [1.165, 1.54) is 122 Å². The molecule has 19 heteroatoms. The van der Waals surface area contributed by atoms with Gasteiger partial charge in [-0.1, -0.05) is 170 Å². The molecule has 7 aromatic heterocycles. The Morgan fingerprint density at radius 1 is 0.349 bits per heavy atom. The summed E-state index contributed by atoms with van der Waals surface area (Å²) in [7, 11) is 14.2. The van der Waals surface area contributed by atoms with Gasteiger partial charge in [0, 0.05) is 227 Å². The normalized spacial score (nSPS) is 11.7. The number of aryl methyl sites for hydroxylation is 10. The standard InChI is InChI=1S/C16H20F3NO.2C16H23NO.C15H22N2O.2C15H21NO.C14H20N2O/c1-11(2)12-5-6-13-14(16(17,18)19)10-20(15(13)9-12)7-4-8-21-3;1-12(2)14-6-7-15-13(3)11-17(16(15)10-14)8-5-9-18-4;1-12(2)13-7-8-16-15(10-13)14(11-17(16)3)6-5-9-18-4;1-11(2)13-6-7-14-12(3)16-17(15(14)10-13)8-5-9-18-4;1-12(2)14-6-5-13-7-9-16(15(13)11-14)8-4-10-17-3;1-11(2)12-6-7-15-14(9-12)13(10-16-15)5-4-8-17-3;1-11(2)12-5-6-13-10-15-16(14(13)9-12)7-4-8-17-3/h5-6,9-11H,4,7-8H2,1-3H3;6-7,10-12H,5,8-9H2,1-4H3;7-8,10-12H,5-6,9H2,1-4H3;6-7,10-11H,5,8-9H2,1-4H3;5-7,9,11-12H,4,8,10H2,1-3H3;6-7,9-11,16H,4-5,8H2,1-3H3;5-6,9-11H,4,7-8H2,1-3H3. The van der Waals surface area contributed by atoms with E-state index in [2.05, 4.69) is 282 Å². The molecule has 7 aromatic carbocycles. The van der Waals surface area contributed by atoms with Crippen molar-refractivity contribution in [3.05, 3.63) is 238 Å². The first-order chi connectivity index (χ1) is 60.4. The van der Waals surface area contributed by atoms with Crippen molar-refractivity contribution in [1.29, 1.82) is 0 Å². The molecular weight excluding hydrogens is 1580 g/mol. The largest absolute Gasteiger partial charge is 0.418 e. The van der Waals surface area contributed by atoms with Gasteiger partial charge in [0.1, 0.15) is 0 Å². The number of fused-ring (bicyclic) bond motifs is 7. The first-order valence-electron chi connectivity index (χ1n) is 45.8.